The highest BCUT2D eigenvalue weighted by atomic mass is 16.5. The number of nitriles is 1. The number of rotatable bonds is 3. The number of aromatic nitrogens is 2. The van der Waals surface area contributed by atoms with Crippen LogP contribution in [0.1, 0.15) is 19.4 Å². The lowest BCUT2D eigenvalue weighted by Gasteiger charge is -2.06. The van der Waals surface area contributed by atoms with Crippen LogP contribution in [0.4, 0.5) is 0 Å². The molecule has 1 N–H and O–H groups in total. The van der Waals surface area contributed by atoms with Crippen molar-refractivity contribution in [3.63, 3.8) is 0 Å². The largest absolute Gasteiger partial charge is 0.459 e. The zero-order valence-corrected chi connectivity index (χ0v) is 10.7. The fourth-order valence-corrected chi connectivity index (χ4v) is 1.68. The molecule has 2 aromatic rings. The van der Waals surface area contributed by atoms with E-state index in [1.807, 2.05) is 18.2 Å². The van der Waals surface area contributed by atoms with Gasteiger partial charge < -0.3 is 4.74 Å². The number of esters is 1. The van der Waals surface area contributed by atoms with E-state index in [9.17, 15) is 4.79 Å². The predicted octanol–water partition coefficient (Wildman–Crippen LogP) is 2.42. The zero-order chi connectivity index (χ0) is 13.8. The number of hydrogen-bond donors (Lipinski definition) is 1. The highest BCUT2D eigenvalue weighted by molar-refractivity contribution is 6.00. The van der Waals surface area contributed by atoms with Crippen molar-refractivity contribution in [2.45, 2.75) is 20.0 Å². The molecule has 96 valence electrons. The first-order valence-electron chi connectivity index (χ1n) is 5.86. The molecule has 0 aliphatic heterocycles. The minimum atomic E-state index is -0.617. The smallest absolute Gasteiger partial charge is 0.349 e. The maximum Gasteiger partial charge on any atom is 0.349 e. The summed E-state index contributed by atoms with van der Waals surface area (Å²) in [6, 6.07) is 7.41. The molecule has 5 heteroatoms. The second-order valence-corrected chi connectivity index (χ2v) is 4.31. The molecule has 1 heterocycles. The molecule has 0 unspecified atom stereocenters. The summed E-state index contributed by atoms with van der Waals surface area (Å²) in [5, 5.41) is 16.7. The van der Waals surface area contributed by atoms with Crippen molar-refractivity contribution in [3.8, 4) is 6.07 Å². The topological polar surface area (TPSA) is 78.8 Å². The standard InChI is InChI=1S/C14H13N3O2/c1-9(2)19-14(18)12(7-15)6-10-4-3-5-11-8-16-17-13(10)11/h3-6,8-9H,1-2H3,(H,16,17). The maximum atomic E-state index is 11.7. The number of ether oxygens (including phenoxy) is 1. The molecule has 0 aliphatic rings. The number of H-pyrrole nitrogens is 1. The summed E-state index contributed by atoms with van der Waals surface area (Å²) in [7, 11) is 0. The number of para-hydroxylation sites is 1. The highest BCUT2D eigenvalue weighted by Crippen LogP contribution is 2.18. The summed E-state index contributed by atoms with van der Waals surface area (Å²) >= 11 is 0. The van der Waals surface area contributed by atoms with Gasteiger partial charge in [0.2, 0.25) is 0 Å². The van der Waals surface area contributed by atoms with Gasteiger partial charge in [-0.2, -0.15) is 10.4 Å². The Hall–Kier alpha value is -2.61. The van der Waals surface area contributed by atoms with Crippen LogP contribution < -0.4 is 0 Å². The second kappa shape index (κ2) is 5.36. The number of benzene rings is 1. The summed E-state index contributed by atoms with van der Waals surface area (Å²) in [6.45, 7) is 3.48. The van der Waals surface area contributed by atoms with E-state index in [4.69, 9.17) is 10.00 Å². The molecule has 5 nitrogen and oxygen atoms in total. The van der Waals surface area contributed by atoms with E-state index >= 15 is 0 Å². The number of fused-ring (bicyclic) bond motifs is 1. The van der Waals surface area contributed by atoms with Crippen molar-refractivity contribution < 1.29 is 9.53 Å². The molecule has 1 aromatic carbocycles. The van der Waals surface area contributed by atoms with Crippen LogP contribution in [0, 0.1) is 11.3 Å². The van der Waals surface area contributed by atoms with Gasteiger partial charge >= 0.3 is 5.97 Å². The SMILES string of the molecule is CC(C)OC(=O)C(C#N)=Cc1cccc2cn[nH]c12. The zero-order valence-electron chi connectivity index (χ0n) is 10.7. The number of hydrogen-bond acceptors (Lipinski definition) is 4. The van der Waals surface area contributed by atoms with Crippen LogP contribution >= 0.6 is 0 Å². The normalized spacial score (nSPS) is 11.6. The number of carbonyl (C=O) groups excluding carboxylic acids is 1. The Morgan fingerprint density at radius 1 is 1.53 bits per heavy atom. The lowest BCUT2D eigenvalue weighted by molar-refractivity contribution is -0.142. The van der Waals surface area contributed by atoms with Crippen LogP contribution in [0.3, 0.4) is 0 Å². The molecule has 0 fully saturated rings. The van der Waals surface area contributed by atoms with Crippen molar-refractivity contribution in [2.24, 2.45) is 0 Å². The van der Waals surface area contributed by atoms with Crippen LogP contribution in [0.5, 0.6) is 0 Å². The molecular formula is C14H13N3O2. The molecule has 0 saturated heterocycles. The van der Waals surface area contributed by atoms with E-state index in [1.165, 1.54) is 6.08 Å². The molecule has 1 aromatic heterocycles. The summed E-state index contributed by atoms with van der Waals surface area (Å²) in [6.07, 6.45) is 2.93. The van der Waals surface area contributed by atoms with E-state index in [2.05, 4.69) is 10.2 Å². The van der Waals surface area contributed by atoms with Gasteiger partial charge in [-0.15, -0.1) is 0 Å². The number of carbonyl (C=O) groups is 1. The van der Waals surface area contributed by atoms with Crippen LogP contribution in [0.2, 0.25) is 0 Å². The average Bonchev–Trinajstić information content (AvgIpc) is 2.83. The summed E-state index contributed by atoms with van der Waals surface area (Å²) in [4.78, 5) is 11.7. The van der Waals surface area contributed by atoms with Gasteiger partial charge in [-0.1, -0.05) is 18.2 Å². The number of aromatic amines is 1. The minimum absolute atomic E-state index is 0.0317. The van der Waals surface area contributed by atoms with Gasteiger partial charge in [0.05, 0.1) is 17.8 Å². The fourth-order valence-electron chi connectivity index (χ4n) is 1.68. The monoisotopic (exact) mass is 255 g/mol. The van der Waals surface area contributed by atoms with Gasteiger partial charge in [0.25, 0.3) is 0 Å². The molecule has 0 radical (unpaired) electrons. The Balaban J connectivity index is 2.40. The first-order chi connectivity index (χ1) is 9.11. The summed E-state index contributed by atoms with van der Waals surface area (Å²) in [5.41, 5.74) is 1.48. The third kappa shape index (κ3) is 2.80. The molecule has 0 atom stereocenters. The van der Waals surface area contributed by atoms with E-state index in [1.54, 1.807) is 26.1 Å². The van der Waals surface area contributed by atoms with Gasteiger partial charge in [0, 0.05) is 10.9 Å². The average molecular weight is 255 g/mol. The lowest BCUT2D eigenvalue weighted by Crippen LogP contribution is -2.12. The Labute approximate surface area is 110 Å². The van der Waals surface area contributed by atoms with Gasteiger partial charge in [-0.05, 0) is 19.9 Å². The fraction of sp³-hybridized carbons (Fsp3) is 0.214. The first kappa shape index (κ1) is 12.8. The molecule has 19 heavy (non-hydrogen) atoms. The maximum absolute atomic E-state index is 11.7. The molecule has 0 bridgehead atoms. The van der Waals surface area contributed by atoms with E-state index in [-0.39, 0.29) is 11.7 Å². The Bertz CT molecular complexity index is 677. The Morgan fingerprint density at radius 2 is 2.32 bits per heavy atom. The molecule has 0 amide bonds. The Morgan fingerprint density at radius 3 is 3.00 bits per heavy atom. The molecule has 0 aliphatic carbocycles. The van der Waals surface area contributed by atoms with Crippen LogP contribution in [-0.4, -0.2) is 22.3 Å². The van der Waals surface area contributed by atoms with E-state index < -0.39 is 5.97 Å². The predicted molar refractivity (Wildman–Crippen MR) is 70.9 cm³/mol. The quantitative estimate of drug-likeness (QED) is 0.519. The summed E-state index contributed by atoms with van der Waals surface area (Å²) in [5.74, 6) is -0.617. The molecule has 0 spiro atoms. The van der Waals surface area contributed by atoms with Crippen molar-refractivity contribution in [2.75, 3.05) is 0 Å². The lowest BCUT2D eigenvalue weighted by atomic mass is 10.1. The van der Waals surface area contributed by atoms with E-state index in [0.717, 1.165) is 16.5 Å². The molecular weight excluding hydrogens is 242 g/mol. The van der Waals surface area contributed by atoms with Crippen molar-refractivity contribution in [1.29, 1.82) is 5.26 Å². The van der Waals surface area contributed by atoms with Gasteiger partial charge in [0.1, 0.15) is 11.6 Å². The van der Waals surface area contributed by atoms with Crippen LogP contribution in [-0.2, 0) is 9.53 Å². The van der Waals surface area contributed by atoms with E-state index in [0.29, 0.717) is 0 Å². The minimum Gasteiger partial charge on any atom is -0.459 e. The first-order valence-corrected chi connectivity index (χ1v) is 5.86. The second-order valence-electron chi connectivity index (χ2n) is 4.31. The van der Waals surface area contributed by atoms with Gasteiger partial charge in [-0.25, -0.2) is 4.79 Å². The Kier molecular flexibility index (Phi) is 3.62. The number of nitrogens with zero attached hydrogens (tertiary/aromatic N) is 2. The van der Waals surface area contributed by atoms with Gasteiger partial charge in [-0.3, -0.25) is 5.10 Å². The summed E-state index contributed by atoms with van der Waals surface area (Å²) < 4.78 is 5.01. The van der Waals surface area contributed by atoms with Crippen LogP contribution in [0.15, 0.2) is 30.0 Å². The van der Waals surface area contributed by atoms with Crippen LogP contribution in [0.25, 0.3) is 17.0 Å². The molecule has 2 rings (SSSR count). The number of nitrogens with one attached hydrogen (secondary N) is 1. The molecule has 0 saturated carbocycles. The van der Waals surface area contributed by atoms with Gasteiger partial charge in [0.15, 0.2) is 0 Å². The van der Waals surface area contributed by atoms with Crippen molar-refractivity contribution in [3.05, 3.63) is 35.5 Å². The third-order valence-corrected chi connectivity index (χ3v) is 2.49. The highest BCUT2D eigenvalue weighted by Gasteiger charge is 2.13. The third-order valence-electron chi connectivity index (χ3n) is 2.49. The van der Waals surface area contributed by atoms with Crippen molar-refractivity contribution >= 4 is 22.9 Å². The van der Waals surface area contributed by atoms with Crippen molar-refractivity contribution in [1.82, 2.24) is 10.2 Å².